The maximum Gasteiger partial charge on any atom is 0.234 e. The number of carbonyl (C=O) groups excluding carboxylic acids is 2. The van der Waals surface area contributed by atoms with E-state index < -0.39 is 17.2 Å². The minimum atomic E-state index is -1.15. The highest BCUT2D eigenvalue weighted by Gasteiger charge is 2.42. The predicted octanol–water partition coefficient (Wildman–Crippen LogP) is 2.37. The van der Waals surface area contributed by atoms with E-state index >= 15 is 0 Å². The highest BCUT2D eigenvalue weighted by Crippen LogP contribution is 2.43. The molecule has 4 heteroatoms. The minimum absolute atomic E-state index is 0.0840. The maximum atomic E-state index is 12.5. The number of allylic oxidation sites excluding steroid dienone is 1. The summed E-state index contributed by atoms with van der Waals surface area (Å²) in [6.07, 6.45) is 1.60. The monoisotopic (exact) mass is 286 g/mol. The number of Topliss-reactive ketones (excluding diaryl/α,β-unsaturated/α-hetero) is 2. The molecule has 2 aliphatic rings. The van der Waals surface area contributed by atoms with Gasteiger partial charge in [-0.25, -0.2) is 0 Å². The molecule has 4 nitrogen and oxygen atoms in total. The number of hydrogen-bond acceptors (Lipinski definition) is 4. The third-order valence-electron chi connectivity index (χ3n) is 4.23. The van der Waals surface area contributed by atoms with Crippen LogP contribution in [0, 0.1) is 0 Å². The van der Waals surface area contributed by atoms with Crippen LogP contribution in [0.25, 0.3) is 5.76 Å². The van der Waals surface area contributed by atoms with Gasteiger partial charge in [-0.05, 0) is 31.4 Å². The standard InChI is InChI=1S/C17H18O4/c1-4-5-10-6-7-11-13-12(10)15(19)14(18)9(2)16(13)21-8-17(11,3)20/h6-7,20H,4-5,8H2,1-3H3. The Bertz CT molecular complexity index is 695. The van der Waals surface area contributed by atoms with Crippen LogP contribution in [-0.2, 0) is 21.6 Å². The van der Waals surface area contributed by atoms with E-state index in [4.69, 9.17) is 4.74 Å². The van der Waals surface area contributed by atoms with E-state index in [1.54, 1.807) is 13.8 Å². The molecule has 0 amide bonds. The van der Waals surface area contributed by atoms with Crippen molar-refractivity contribution in [1.82, 2.24) is 0 Å². The van der Waals surface area contributed by atoms with Gasteiger partial charge in [0, 0.05) is 16.7 Å². The van der Waals surface area contributed by atoms with Gasteiger partial charge < -0.3 is 9.84 Å². The van der Waals surface area contributed by atoms with Crippen LogP contribution in [0.4, 0.5) is 0 Å². The molecule has 1 aromatic rings. The smallest absolute Gasteiger partial charge is 0.234 e. The Hall–Kier alpha value is -1.94. The normalized spacial score (nSPS) is 24.0. The van der Waals surface area contributed by atoms with Crippen molar-refractivity contribution < 1.29 is 19.4 Å². The molecule has 1 unspecified atom stereocenters. The molecule has 110 valence electrons. The number of hydrogen-bond donors (Lipinski definition) is 1. The third-order valence-corrected chi connectivity index (χ3v) is 4.23. The summed E-state index contributed by atoms with van der Waals surface area (Å²) < 4.78 is 5.62. The summed E-state index contributed by atoms with van der Waals surface area (Å²) in [5, 5.41) is 10.5. The van der Waals surface area contributed by atoms with Crippen molar-refractivity contribution in [3.63, 3.8) is 0 Å². The zero-order valence-electron chi connectivity index (χ0n) is 12.4. The Labute approximate surface area is 123 Å². The van der Waals surface area contributed by atoms with Gasteiger partial charge >= 0.3 is 0 Å². The molecular formula is C17H18O4. The Balaban J connectivity index is 2.39. The van der Waals surface area contributed by atoms with E-state index in [0.717, 1.165) is 18.4 Å². The van der Waals surface area contributed by atoms with E-state index in [-0.39, 0.29) is 6.61 Å². The number of aliphatic hydroxyl groups is 1. The van der Waals surface area contributed by atoms with Gasteiger partial charge in [0.1, 0.15) is 18.0 Å². The van der Waals surface area contributed by atoms with E-state index in [9.17, 15) is 14.7 Å². The summed E-state index contributed by atoms with van der Waals surface area (Å²) in [6.45, 7) is 5.38. The lowest BCUT2D eigenvalue weighted by molar-refractivity contribution is -0.112. The van der Waals surface area contributed by atoms with Crippen LogP contribution in [-0.4, -0.2) is 23.3 Å². The third kappa shape index (κ3) is 1.86. The number of ketones is 2. The van der Waals surface area contributed by atoms with Gasteiger partial charge in [-0.15, -0.1) is 0 Å². The molecule has 0 saturated heterocycles. The van der Waals surface area contributed by atoms with Gasteiger partial charge in [0.25, 0.3) is 0 Å². The molecule has 1 atom stereocenters. The Kier molecular flexibility index (Phi) is 3.02. The summed E-state index contributed by atoms with van der Waals surface area (Å²) in [5.74, 6) is -0.541. The van der Waals surface area contributed by atoms with Crippen molar-refractivity contribution in [2.24, 2.45) is 0 Å². The van der Waals surface area contributed by atoms with Gasteiger partial charge in [-0.2, -0.15) is 0 Å². The summed E-state index contributed by atoms with van der Waals surface area (Å²) in [5.41, 5.74) is 1.72. The van der Waals surface area contributed by atoms with Crippen LogP contribution in [0.2, 0.25) is 0 Å². The molecule has 0 bridgehead atoms. The van der Waals surface area contributed by atoms with E-state index in [1.165, 1.54) is 0 Å². The summed E-state index contributed by atoms with van der Waals surface area (Å²) in [4.78, 5) is 24.6. The molecule has 1 N–H and O–H groups in total. The van der Waals surface area contributed by atoms with Crippen molar-refractivity contribution in [3.05, 3.63) is 40.0 Å². The molecule has 1 aliphatic carbocycles. The van der Waals surface area contributed by atoms with Crippen molar-refractivity contribution in [2.45, 2.75) is 39.2 Å². The fourth-order valence-corrected chi connectivity index (χ4v) is 3.11. The Morgan fingerprint density at radius 2 is 1.95 bits per heavy atom. The maximum absolute atomic E-state index is 12.5. The number of rotatable bonds is 2. The lowest BCUT2D eigenvalue weighted by Gasteiger charge is -2.36. The first-order chi connectivity index (χ1) is 9.88. The molecule has 21 heavy (non-hydrogen) atoms. The van der Waals surface area contributed by atoms with Gasteiger partial charge in [-0.3, -0.25) is 9.59 Å². The highest BCUT2D eigenvalue weighted by atomic mass is 16.5. The number of aryl methyl sites for hydroxylation is 1. The molecule has 0 fully saturated rings. The van der Waals surface area contributed by atoms with Crippen LogP contribution in [0.1, 0.15) is 54.2 Å². The topological polar surface area (TPSA) is 63.6 Å². The number of benzene rings is 1. The van der Waals surface area contributed by atoms with Gasteiger partial charge in [-0.1, -0.05) is 25.5 Å². The van der Waals surface area contributed by atoms with Gasteiger partial charge in [0.2, 0.25) is 11.6 Å². The first-order valence-electron chi connectivity index (χ1n) is 7.20. The number of carbonyl (C=O) groups is 2. The molecule has 1 aromatic carbocycles. The van der Waals surface area contributed by atoms with Crippen LogP contribution in [0.15, 0.2) is 17.7 Å². The van der Waals surface area contributed by atoms with E-state index in [2.05, 4.69) is 0 Å². The quantitative estimate of drug-likeness (QED) is 0.848. The summed E-state index contributed by atoms with van der Waals surface area (Å²) in [7, 11) is 0. The lowest BCUT2D eigenvalue weighted by Crippen LogP contribution is -2.37. The fraction of sp³-hybridized carbons (Fsp3) is 0.412. The second-order valence-corrected chi connectivity index (χ2v) is 5.95. The van der Waals surface area contributed by atoms with Crippen molar-refractivity contribution in [2.75, 3.05) is 6.61 Å². The van der Waals surface area contributed by atoms with Crippen molar-refractivity contribution >= 4 is 17.3 Å². The SMILES string of the molecule is CCCc1ccc2c3c1C(=O)C(=O)C(C)=C3OCC2(C)O. The van der Waals surface area contributed by atoms with Crippen LogP contribution < -0.4 is 0 Å². The highest BCUT2D eigenvalue weighted by molar-refractivity contribution is 6.52. The predicted molar refractivity (Wildman–Crippen MR) is 77.9 cm³/mol. The molecule has 0 radical (unpaired) electrons. The zero-order valence-corrected chi connectivity index (χ0v) is 12.4. The first kappa shape index (κ1) is 14.0. The molecule has 0 aromatic heterocycles. The average Bonchev–Trinajstić information content (AvgIpc) is 2.44. The van der Waals surface area contributed by atoms with Crippen LogP contribution in [0.5, 0.6) is 0 Å². The molecule has 1 aliphatic heterocycles. The summed E-state index contributed by atoms with van der Waals surface area (Å²) >= 11 is 0. The first-order valence-corrected chi connectivity index (χ1v) is 7.20. The lowest BCUT2D eigenvalue weighted by atomic mass is 9.77. The van der Waals surface area contributed by atoms with Gasteiger partial charge in [0.15, 0.2) is 0 Å². The Morgan fingerprint density at radius 1 is 1.24 bits per heavy atom. The van der Waals surface area contributed by atoms with E-state index in [0.29, 0.717) is 28.0 Å². The molecule has 0 saturated carbocycles. The minimum Gasteiger partial charge on any atom is -0.489 e. The molecular weight excluding hydrogens is 268 g/mol. The second-order valence-electron chi connectivity index (χ2n) is 5.95. The average molecular weight is 286 g/mol. The molecule has 0 spiro atoms. The zero-order chi connectivity index (χ0) is 15.4. The molecule has 1 heterocycles. The van der Waals surface area contributed by atoms with Crippen LogP contribution >= 0.6 is 0 Å². The molecule has 3 rings (SSSR count). The Morgan fingerprint density at radius 3 is 2.62 bits per heavy atom. The van der Waals surface area contributed by atoms with Crippen molar-refractivity contribution in [1.29, 1.82) is 0 Å². The number of ether oxygens (including phenoxy) is 1. The van der Waals surface area contributed by atoms with Gasteiger partial charge in [0.05, 0.1) is 0 Å². The van der Waals surface area contributed by atoms with Crippen molar-refractivity contribution in [3.8, 4) is 0 Å². The second kappa shape index (κ2) is 4.53. The van der Waals surface area contributed by atoms with E-state index in [1.807, 2.05) is 19.1 Å². The largest absolute Gasteiger partial charge is 0.489 e. The fourth-order valence-electron chi connectivity index (χ4n) is 3.11. The summed E-state index contributed by atoms with van der Waals surface area (Å²) in [6, 6.07) is 3.70. The van der Waals surface area contributed by atoms with Crippen LogP contribution in [0.3, 0.4) is 0 Å².